The molecule has 2 aromatic heterocycles. The number of carbonyl (C=O) groups excluding carboxylic acids is 2. The molecule has 0 atom stereocenters. The van der Waals surface area contributed by atoms with Gasteiger partial charge in [-0.15, -0.1) is 0 Å². The number of amides is 2. The Morgan fingerprint density at radius 2 is 1.85 bits per heavy atom. The number of hydrogen-bond acceptors (Lipinski definition) is 5. The zero-order valence-electron chi connectivity index (χ0n) is 18.5. The largest absolute Gasteiger partial charge is 0.460 e. The molecule has 3 aromatic rings. The standard InChI is InChI=1S/C23H26N4O5S/c1-3-20-18(17-6-4-5-7-21(17)32-20)8-9-22(28)26-10-12-27(13-11-26)33(30,31)16-14-19(23(24)29)25(2)15-16/h4-9,14-15H,3,10-13H2,1-2H3,(H2,24,29). The summed E-state index contributed by atoms with van der Waals surface area (Å²) in [4.78, 5) is 25.8. The Hall–Kier alpha value is -3.37. The van der Waals surface area contributed by atoms with Crippen molar-refractivity contribution in [1.82, 2.24) is 13.8 Å². The molecule has 1 aliphatic rings. The lowest BCUT2D eigenvalue weighted by Crippen LogP contribution is -2.50. The van der Waals surface area contributed by atoms with Gasteiger partial charge in [0.25, 0.3) is 5.91 Å². The Morgan fingerprint density at radius 3 is 2.48 bits per heavy atom. The van der Waals surface area contributed by atoms with E-state index in [4.69, 9.17) is 10.2 Å². The van der Waals surface area contributed by atoms with Gasteiger partial charge in [-0.05, 0) is 18.2 Å². The third-order valence-corrected chi connectivity index (χ3v) is 7.71. The second kappa shape index (κ2) is 8.87. The summed E-state index contributed by atoms with van der Waals surface area (Å²) in [7, 11) is -2.23. The number of fused-ring (bicyclic) bond motifs is 1. The lowest BCUT2D eigenvalue weighted by Gasteiger charge is -2.33. The van der Waals surface area contributed by atoms with Crippen molar-refractivity contribution in [1.29, 1.82) is 0 Å². The van der Waals surface area contributed by atoms with Crippen molar-refractivity contribution < 1.29 is 22.4 Å². The summed E-state index contributed by atoms with van der Waals surface area (Å²) in [6, 6.07) is 8.96. The Kier molecular flexibility index (Phi) is 6.13. The summed E-state index contributed by atoms with van der Waals surface area (Å²) in [6.07, 6.45) is 5.36. The fourth-order valence-electron chi connectivity index (χ4n) is 4.04. The number of rotatable bonds is 6. The lowest BCUT2D eigenvalue weighted by molar-refractivity contribution is -0.127. The molecule has 0 saturated carbocycles. The smallest absolute Gasteiger partial charge is 0.265 e. The second-order valence-electron chi connectivity index (χ2n) is 7.89. The minimum atomic E-state index is -3.79. The summed E-state index contributed by atoms with van der Waals surface area (Å²) in [5.74, 6) is -0.0674. The van der Waals surface area contributed by atoms with Gasteiger partial charge in [0, 0.05) is 62.9 Å². The topological polar surface area (TPSA) is 119 Å². The Labute approximate surface area is 192 Å². The molecule has 2 amide bonds. The molecular weight excluding hydrogens is 444 g/mol. The van der Waals surface area contributed by atoms with Crippen LogP contribution in [0.5, 0.6) is 0 Å². The Balaban J connectivity index is 1.44. The number of carbonyl (C=O) groups is 2. The first-order valence-corrected chi connectivity index (χ1v) is 12.1. The zero-order chi connectivity index (χ0) is 23.8. The van der Waals surface area contributed by atoms with Gasteiger partial charge in [0.15, 0.2) is 0 Å². The first kappa shape index (κ1) is 22.8. The summed E-state index contributed by atoms with van der Waals surface area (Å²) in [6.45, 7) is 2.86. The van der Waals surface area contributed by atoms with Crippen molar-refractivity contribution in [2.75, 3.05) is 26.2 Å². The van der Waals surface area contributed by atoms with Gasteiger partial charge in [0.1, 0.15) is 21.9 Å². The van der Waals surface area contributed by atoms with E-state index in [1.165, 1.54) is 27.2 Å². The third-order valence-electron chi connectivity index (χ3n) is 5.84. The number of hydrogen-bond donors (Lipinski definition) is 1. The molecular formula is C23H26N4O5S. The molecule has 1 fully saturated rings. The molecule has 9 nitrogen and oxygen atoms in total. The van der Waals surface area contributed by atoms with Gasteiger partial charge in [0.2, 0.25) is 15.9 Å². The van der Waals surface area contributed by atoms with Gasteiger partial charge in [-0.1, -0.05) is 25.1 Å². The predicted molar refractivity (Wildman–Crippen MR) is 124 cm³/mol. The van der Waals surface area contributed by atoms with Crippen molar-refractivity contribution in [3.63, 3.8) is 0 Å². The number of aromatic nitrogens is 1. The molecule has 0 spiro atoms. The average molecular weight is 471 g/mol. The van der Waals surface area contributed by atoms with E-state index in [0.717, 1.165) is 22.3 Å². The summed E-state index contributed by atoms with van der Waals surface area (Å²) in [5.41, 5.74) is 7.07. The molecule has 4 rings (SSSR count). The van der Waals surface area contributed by atoms with E-state index in [2.05, 4.69) is 0 Å². The summed E-state index contributed by atoms with van der Waals surface area (Å²) < 4.78 is 34.5. The van der Waals surface area contributed by atoms with Gasteiger partial charge < -0.3 is 19.6 Å². The van der Waals surface area contributed by atoms with Crippen LogP contribution in [0.4, 0.5) is 0 Å². The van der Waals surface area contributed by atoms with E-state index in [1.54, 1.807) is 18.0 Å². The Morgan fingerprint density at radius 1 is 1.15 bits per heavy atom. The number of para-hydroxylation sites is 1. The number of nitrogens with two attached hydrogens (primary N) is 1. The number of piperazine rings is 1. The lowest BCUT2D eigenvalue weighted by atomic mass is 10.1. The van der Waals surface area contributed by atoms with Crippen LogP contribution >= 0.6 is 0 Å². The van der Waals surface area contributed by atoms with Crippen molar-refractivity contribution in [2.45, 2.75) is 18.2 Å². The van der Waals surface area contributed by atoms with E-state index >= 15 is 0 Å². The highest BCUT2D eigenvalue weighted by molar-refractivity contribution is 7.89. The maximum atomic E-state index is 13.0. The van der Waals surface area contributed by atoms with Crippen LogP contribution in [-0.4, -0.2) is 60.2 Å². The molecule has 1 aliphatic heterocycles. The highest BCUT2D eigenvalue weighted by Crippen LogP contribution is 2.27. The highest BCUT2D eigenvalue weighted by atomic mass is 32.2. The van der Waals surface area contributed by atoms with E-state index in [0.29, 0.717) is 6.42 Å². The first-order chi connectivity index (χ1) is 15.7. The number of nitrogens with zero attached hydrogens (tertiary/aromatic N) is 3. The van der Waals surface area contributed by atoms with Crippen LogP contribution in [0.15, 0.2) is 51.9 Å². The van der Waals surface area contributed by atoms with Crippen molar-refractivity contribution in [3.05, 3.63) is 59.6 Å². The fraction of sp³-hybridized carbons (Fsp3) is 0.304. The second-order valence-corrected chi connectivity index (χ2v) is 9.83. The SMILES string of the molecule is CCc1oc2ccccc2c1C=CC(=O)N1CCN(S(=O)(=O)c2cc(C(N)=O)n(C)c2)CC1. The summed E-state index contributed by atoms with van der Waals surface area (Å²) >= 11 is 0. The maximum absolute atomic E-state index is 13.0. The van der Waals surface area contributed by atoms with Gasteiger partial charge in [-0.2, -0.15) is 4.31 Å². The minimum absolute atomic E-state index is 0.0115. The first-order valence-electron chi connectivity index (χ1n) is 10.7. The number of primary amides is 1. The third kappa shape index (κ3) is 4.31. The van der Waals surface area contributed by atoms with Crippen LogP contribution in [0, 0.1) is 0 Å². The number of benzene rings is 1. The van der Waals surface area contributed by atoms with Gasteiger partial charge in [-0.3, -0.25) is 9.59 Å². The molecule has 33 heavy (non-hydrogen) atoms. The van der Waals surface area contributed by atoms with E-state index in [9.17, 15) is 18.0 Å². The van der Waals surface area contributed by atoms with Crippen LogP contribution in [0.25, 0.3) is 17.0 Å². The van der Waals surface area contributed by atoms with E-state index in [1.807, 2.05) is 31.2 Å². The monoisotopic (exact) mass is 470 g/mol. The quantitative estimate of drug-likeness (QED) is 0.553. The Bertz CT molecular complexity index is 1340. The summed E-state index contributed by atoms with van der Waals surface area (Å²) in [5, 5.41) is 0.951. The van der Waals surface area contributed by atoms with Gasteiger partial charge in [-0.25, -0.2) is 8.42 Å². The predicted octanol–water partition coefficient (Wildman–Crippen LogP) is 1.98. The normalized spacial score (nSPS) is 15.5. The van der Waals surface area contributed by atoms with E-state index < -0.39 is 15.9 Å². The van der Waals surface area contributed by atoms with E-state index in [-0.39, 0.29) is 42.7 Å². The molecule has 0 bridgehead atoms. The molecule has 0 radical (unpaired) electrons. The molecule has 3 heterocycles. The van der Waals surface area contributed by atoms with Crippen molar-refractivity contribution >= 4 is 38.9 Å². The van der Waals surface area contributed by atoms with Crippen LogP contribution in [0.3, 0.4) is 0 Å². The maximum Gasteiger partial charge on any atom is 0.265 e. The number of aryl methyl sites for hydroxylation is 2. The minimum Gasteiger partial charge on any atom is -0.460 e. The fourth-order valence-corrected chi connectivity index (χ4v) is 5.53. The molecule has 0 unspecified atom stereocenters. The molecule has 0 aliphatic carbocycles. The van der Waals surface area contributed by atoms with Crippen molar-refractivity contribution in [2.24, 2.45) is 12.8 Å². The molecule has 2 N–H and O–H groups in total. The van der Waals surface area contributed by atoms with Crippen LogP contribution in [-0.2, 0) is 28.3 Å². The van der Waals surface area contributed by atoms with Crippen LogP contribution in [0.2, 0.25) is 0 Å². The molecule has 174 valence electrons. The molecule has 10 heteroatoms. The van der Waals surface area contributed by atoms with Crippen LogP contribution in [0.1, 0.15) is 28.7 Å². The van der Waals surface area contributed by atoms with Gasteiger partial charge in [0.05, 0.1) is 0 Å². The average Bonchev–Trinajstić information content (AvgIpc) is 3.38. The number of furan rings is 1. The molecule has 1 aromatic carbocycles. The van der Waals surface area contributed by atoms with Crippen molar-refractivity contribution in [3.8, 4) is 0 Å². The zero-order valence-corrected chi connectivity index (χ0v) is 19.3. The van der Waals surface area contributed by atoms with Crippen LogP contribution < -0.4 is 5.73 Å². The highest BCUT2D eigenvalue weighted by Gasteiger charge is 2.31. The number of sulfonamides is 1. The molecule has 1 saturated heterocycles. The van der Waals surface area contributed by atoms with Gasteiger partial charge >= 0.3 is 0 Å².